The predicted octanol–water partition coefficient (Wildman–Crippen LogP) is 0.554. The van der Waals surface area contributed by atoms with E-state index in [0.29, 0.717) is 18.8 Å². The van der Waals surface area contributed by atoms with Crippen molar-refractivity contribution in [3.63, 3.8) is 0 Å². The Labute approximate surface area is 121 Å². The number of nitrogens with one attached hydrogen (secondary N) is 2. The van der Waals surface area contributed by atoms with Crippen molar-refractivity contribution in [3.05, 3.63) is 18.2 Å². The molecule has 0 radical (unpaired) electrons. The first-order valence-electron chi connectivity index (χ1n) is 6.52. The van der Waals surface area contributed by atoms with Gasteiger partial charge in [-0.1, -0.05) is 0 Å². The molecule has 1 aliphatic heterocycles. The fourth-order valence-electron chi connectivity index (χ4n) is 2.04. The molecule has 2 heterocycles. The lowest BCUT2D eigenvalue weighted by Crippen LogP contribution is -2.53. The number of hydrogen-bond donors (Lipinski definition) is 3. The average Bonchev–Trinajstić information content (AvgIpc) is 2.96. The van der Waals surface area contributed by atoms with Crippen molar-refractivity contribution in [2.45, 2.75) is 18.9 Å². The number of imidazole rings is 1. The summed E-state index contributed by atoms with van der Waals surface area (Å²) in [6.07, 6.45) is 4.97. The van der Waals surface area contributed by atoms with E-state index in [4.69, 9.17) is 5.11 Å². The van der Waals surface area contributed by atoms with Crippen molar-refractivity contribution in [2.75, 3.05) is 24.6 Å². The molecular weight excluding hydrogens is 280 g/mol. The van der Waals surface area contributed by atoms with Crippen molar-refractivity contribution < 1.29 is 14.7 Å². The minimum absolute atomic E-state index is 0.294. The van der Waals surface area contributed by atoms with Gasteiger partial charge in [0.2, 0.25) is 0 Å². The van der Waals surface area contributed by atoms with Crippen LogP contribution in [-0.2, 0) is 11.2 Å². The number of aromatic amines is 1. The number of amides is 2. The summed E-state index contributed by atoms with van der Waals surface area (Å²) in [5.41, 5.74) is 0. The standard InChI is InChI=1S/C12H18N4O3S/c17-11(18)9-8-20-7-6-16(9)12(19)15-3-1-2-10-13-4-5-14-10/h4-5,9H,1-3,6-8H2,(H,13,14)(H,15,19)(H,17,18). The maximum Gasteiger partial charge on any atom is 0.327 e. The number of aliphatic carboxylic acids is 1. The molecule has 0 bridgehead atoms. The summed E-state index contributed by atoms with van der Waals surface area (Å²) < 4.78 is 0. The number of rotatable bonds is 5. The second kappa shape index (κ2) is 7.18. The lowest BCUT2D eigenvalue weighted by molar-refractivity contribution is -0.141. The Morgan fingerprint density at radius 1 is 1.60 bits per heavy atom. The highest BCUT2D eigenvalue weighted by Gasteiger charge is 2.32. The Balaban J connectivity index is 1.74. The number of aromatic nitrogens is 2. The maximum absolute atomic E-state index is 12.0. The molecule has 0 aromatic carbocycles. The minimum atomic E-state index is -0.942. The number of carbonyl (C=O) groups excluding carboxylic acids is 1. The van der Waals surface area contributed by atoms with Gasteiger partial charge in [-0.3, -0.25) is 0 Å². The van der Waals surface area contributed by atoms with Gasteiger partial charge in [0.1, 0.15) is 11.9 Å². The molecule has 0 spiro atoms. The number of carboxylic acid groups (broad SMARTS) is 1. The zero-order valence-corrected chi connectivity index (χ0v) is 11.9. The van der Waals surface area contributed by atoms with Gasteiger partial charge < -0.3 is 20.3 Å². The zero-order valence-electron chi connectivity index (χ0n) is 11.0. The highest BCUT2D eigenvalue weighted by Crippen LogP contribution is 2.16. The van der Waals surface area contributed by atoms with Crippen molar-refractivity contribution in [3.8, 4) is 0 Å². The van der Waals surface area contributed by atoms with Crippen LogP contribution in [0.25, 0.3) is 0 Å². The molecule has 0 saturated carbocycles. The third-order valence-electron chi connectivity index (χ3n) is 3.10. The summed E-state index contributed by atoms with van der Waals surface area (Å²) >= 11 is 1.56. The summed E-state index contributed by atoms with van der Waals surface area (Å²) in [6, 6.07) is -1.02. The molecule has 3 N–H and O–H groups in total. The summed E-state index contributed by atoms with van der Waals surface area (Å²) in [6.45, 7) is 0.987. The Hall–Kier alpha value is -1.70. The van der Waals surface area contributed by atoms with E-state index in [0.717, 1.165) is 24.4 Å². The summed E-state index contributed by atoms with van der Waals surface area (Å²) in [5.74, 6) is 1.18. The van der Waals surface area contributed by atoms with Crippen LogP contribution in [0.1, 0.15) is 12.2 Å². The molecule has 110 valence electrons. The molecule has 1 aliphatic rings. The van der Waals surface area contributed by atoms with E-state index in [-0.39, 0.29) is 6.03 Å². The van der Waals surface area contributed by atoms with E-state index in [1.807, 2.05) is 0 Å². The van der Waals surface area contributed by atoms with Gasteiger partial charge in [-0.05, 0) is 6.42 Å². The number of nitrogens with zero attached hydrogens (tertiary/aromatic N) is 2. The highest BCUT2D eigenvalue weighted by molar-refractivity contribution is 7.99. The normalized spacial score (nSPS) is 18.8. The van der Waals surface area contributed by atoms with Crippen molar-refractivity contribution in [1.29, 1.82) is 0 Å². The van der Waals surface area contributed by atoms with Crippen LogP contribution < -0.4 is 5.32 Å². The minimum Gasteiger partial charge on any atom is -0.480 e. The van der Waals surface area contributed by atoms with Crippen molar-refractivity contribution >= 4 is 23.8 Å². The average molecular weight is 298 g/mol. The first kappa shape index (κ1) is 14.7. The van der Waals surface area contributed by atoms with Crippen LogP contribution in [0.5, 0.6) is 0 Å². The second-order valence-electron chi connectivity index (χ2n) is 4.49. The molecule has 1 aromatic rings. The smallest absolute Gasteiger partial charge is 0.327 e. The molecule has 7 nitrogen and oxygen atoms in total. The Kier molecular flexibility index (Phi) is 5.28. The van der Waals surface area contributed by atoms with Gasteiger partial charge in [-0.15, -0.1) is 0 Å². The largest absolute Gasteiger partial charge is 0.480 e. The fraction of sp³-hybridized carbons (Fsp3) is 0.583. The Morgan fingerprint density at radius 2 is 2.45 bits per heavy atom. The molecule has 1 aromatic heterocycles. The lowest BCUT2D eigenvalue weighted by Gasteiger charge is -2.32. The van der Waals surface area contributed by atoms with E-state index in [1.165, 1.54) is 4.90 Å². The lowest BCUT2D eigenvalue weighted by atomic mass is 10.3. The molecule has 2 amide bonds. The molecule has 2 rings (SSSR count). The molecule has 8 heteroatoms. The number of carboxylic acids is 1. The topological polar surface area (TPSA) is 98.3 Å². The number of carbonyl (C=O) groups is 2. The molecule has 20 heavy (non-hydrogen) atoms. The van der Waals surface area contributed by atoms with Crippen LogP contribution in [0.3, 0.4) is 0 Å². The number of hydrogen-bond acceptors (Lipinski definition) is 4. The van der Waals surface area contributed by atoms with E-state index in [9.17, 15) is 9.59 Å². The van der Waals surface area contributed by atoms with Gasteiger partial charge in [0.25, 0.3) is 0 Å². The van der Waals surface area contributed by atoms with E-state index >= 15 is 0 Å². The van der Waals surface area contributed by atoms with Crippen LogP contribution in [0.4, 0.5) is 4.79 Å². The number of aryl methyl sites for hydroxylation is 1. The van der Waals surface area contributed by atoms with Gasteiger partial charge in [0.15, 0.2) is 0 Å². The van der Waals surface area contributed by atoms with Crippen LogP contribution in [0, 0.1) is 0 Å². The van der Waals surface area contributed by atoms with Crippen LogP contribution in [-0.4, -0.2) is 62.6 Å². The quantitative estimate of drug-likeness (QED) is 0.690. The van der Waals surface area contributed by atoms with Crippen LogP contribution in [0.15, 0.2) is 12.4 Å². The molecule has 1 fully saturated rings. The third-order valence-corrected chi connectivity index (χ3v) is 4.12. The zero-order chi connectivity index (χ0) is 14.4. The molecule has 1 atom stereocenters. The van der Waals surface area contributed by atoms with Gasteiger partial charge in [-0.25, -0.2) is 14.6 Å². The third kappa shape index (κ3) is 3.89. The summed E-state index contributed by atoms with van der Waals surface area (Å²) in [7, 11) is 0. The molecule has 1 saturated heterocycles. The van der Waals surface area contributed by atoms with E-state index in [1.54, 1.807) is 24.2 Å². The molecular formula is C12H18N4O3S. The van der Waals surface area contributed by atoms with Crippen LogP contribution >= 0.6 is 11.8 Å². The van der Waals surface area contributed by atoms with E-state index in [2.05, 4.69) is 15.3 Å². The van der Waals surface area contributed by atoms with Crippen molar-refractivity contribution in [2.24, 2.45) is 0 Å². The molecule has 1 unspecified atom stereocenters. The SMILES string of the molecule is O=C(O)C1CSCCN1C(=O)NCCCc1ncc[nH]1. The first-order valence-corrected chi connectivity index (χ1v) is 7.67. The number of urea groups is 1. The van der Waals surface area contributed by atoms with Crippen molar-refractivity contribution in [1.82, 2.24) is 20.2 Å². The van der Waals surface area contributed by atoms with Crippen LogP contribution in [0.2, 0.25) is 0 Å². The highest BCUT2D eigenvalue weighted by atomic mass is 32.2. The number of H-pyrrole nitrogens is 1. The number of thioether (sulfide) groups is 1. The Bertz CT molecular complexity index is 452. The first-order chi connectivity index (χ1) is 9.68. The monoisotopic (exact) mass is 298 g/mol. The van der Waals surface area contributed by atoms with Gasteiger partial charge in [-0.2, -0.15) is 11.8 Å². The maximum atomic E-state index is 12.0. The van der Waals surface area contributed by atoms with Gasteiger partial charge >= 0.3 is 12.0 Å². The fourth-order valence-corrected chi connectivity index (χ4v) is 3.08. The van der Waals surface area contributed by atoms with E-state index < -0.39 is 12.0 Å². The second-order valence-corrected chi connectivity index (χ2v) is 5.64. The predicted molar refractivity (Wildman–Crippen MR) is 75.8 cm³/mol. The summed E-state index contributed by atoms with van der Waals surface area (Å²) in [5, 5.41) is 11.9. The molecule has 0 aliphatic carbocycles. The Morgan fingerprint density at radius 3 is 3.15 bits per heavy atom. The van der Waals surface area contributed by atoms with Gasteiger partial charge in [0, 0.05) is 43.4 Å². The summed E-state index contributed by atoms with van der Waals surface area (Å²) in [4.78, 5) is 31.6. The van der Waals surface area contributed by atoms with Gasteiger partial charge in [0.05, 0.1) is 0 Å².